The van der Waals surface area contributed by atoms with Crippen LogP contribution in [-0.2, 0) is 14.4 Å². The molecule has 0 fully saturated rings. The van der Waals surface area contributed by atoms with Gasteiger partial charge in [0.2, 0.25) is 5.91 Å². The van der Waals surface area contributed by atoms with Crippen molar-refractivity contribution in [2.24, 2.45) is 0 Å². The van der Waals surface area contributed by atoms with Gasteiger partial charge in [0, 0.05) is 12.4 Å². The number of carbonyl (C=O) groups excluding carboxylic acids is 3. The van der Waals surface area contributed by atoms with E-state index in [0.29, 0.717) is 5.52 Å². The Balaban J connectivity index is 2.27. The Morgan fingerprint density at radius 1 is 1.25 bits per heavy atom. The van der Waals surface area contributed by atoms with Crippen LogP contribution >= 0.6 is 0 Å². The minimum absolute atomic E-state index is 0.235. The van der Waals surface area contributed by atoms with Gasteiger partial charge in [-0.25, -0.2) is 0 Å². The van der Waals surface area contributed by atoms with E-state index in [1.807, 2.05) is 5.32 Å². The number of fused-ring (bicyclic) bond motifs is 1. The summed E-state index contributed by atoms with van der Waals surface area (Å²) in [7, 11) is 0. The average Bonchev–Trinajstić information content (AvgIpc) is 2.53. The first-order valence-corrected chi connectivity index (χ1v) is 6.86. The Bertz CT molecular complexity index is 862. The maximum Gasteiger partial charge on any atom is 0.278 e. The number of amides is 1. The summed E-state index contributed by atoms with van der Waals surface area (Å²) >= 11 is 0. The molecule has 0 unspecified atom stereocenters. The molecular formula is C14H12N4O6-2. The number of aromatic nitrogens is 3. The quantitative estimate of drug-likeness (QED) is 0.577. The molecule has 1 aromatic carbocycles. The summed E-state index contributed by atoms with van der Waals surface area (Å²) in [6.45, 7) is 1.30. The highest BCUT2D eigenvalue weighted by Gasteiger charge is 2.22. The summed E-state index contributed by atoms with van der Waals surface area (Å²) in [5.41, 5.74) is -0.246. The lowest BCUT2D eigenvalue weighted by Gasteiger charge is -2.22. The first-order valence-electron chi connectivity index (χ1n) is 6.86. The van der Waals surface area contributed by atoms with E-state index in [9.17, 15) is 29.4 Å². The van der Waals surface area contributed by atoms with Crippen molar-refractivity contribution in [1.29, 1.82) is 0 Å². The second-order valence-corrected chi connectivity index (χ2v) is 4.99. The highest BCUT2D eigenvalue weighted by molar-refractivity contribution is 5.87. The van der Waals surface area contributed by atoms with Crippen LogP contribution in [0.1, 0.15) is 19.4 Å². The molecule has 10 nitrogen and oxygen atoms in total. The van der Waals surface area contributed by atoms with Crippen molar-refractivity contribution < 1.29 is 24.6 Å². The van der Waals surface area contributed by atoms with Gasteiger partial charge in [0.15, 0.2) is 0 Å². The third-order valence-electron chi connectivity index (χ3n) is 3.31. The zero-order valence-electron chi connectivity index (χ0n) is 12.5. The van der Waals surface area contributed by atoms with Gasteiger partial charge >= 0.3 is 0 Å². The molecule has 0 aliphatic rings. The van der Waals surface area contributed by atoms with E-state index in [2.05, 4.69) is 10.3 Å². The molecule has 2 aromatic rings. The molecule has 0 aliphatic carbocycles. The summed E-state index contributed by atoms with van der Waals surface area (Å²) in [4.78, 5) is 45.8. The molecule has 1 heterocycles. The summed E-state index contributed by atoms with van der Waals surface area (Å²) in [6, 6.07) is 3.37. The molecular weight excluding hydrogens is 320 g/mol. The first-order chi connectivity index (χ1) is 11.3. The minimum Gasteiger partial charge on any atom is -0.550 e. The molecule has 0 bridgehead atoms. The number of rotatable bonds is 6. The second-order valence-electron chi connectivity index (χ2n) is 4.99. The Labute approximate surface area is 134 Å². The van der Waals surface area contributed by atoms with Crippen molar-refractivity contribution in [1.82, 2.24) is 20.3 Å². The Morgan fingerprint density at radius 3 is 2.54 bits per heavy atom. The van der Waals surface area contributed by atoms with Crippen LogP contribution in [0.15, 0.2) is 29.1 Å². The van der Waals surface area contributed by atoms with Crippen LogP contribution < -0.4 is 21.1 Å². The number of hydrogen-bond acceptors (Lipinski definition) is 8. The molecule has 2 rings (SSSR count). The molecule has 24 heavy (non-hydrogen) atoms. The van der Waals surface area contributed by atoms with Gasteiger partial charge in [-0.1, -0.05) is 17.3 Å². The summed E-state index contributed by atoms with van der Waals surface area (Å²) in [5, 5.41) is 31.0. The standard InChI is InChI=1S/C14H14N4O6/c1-7(12(21)15-10(14(23)24)6-11(19)20)18-13(22)8-4-2-3-5-9(8)16-17-18/h2-5,7,10H,6H2,1H3,(H,15,21)(H,19,20)(H,23,24)/p-2/t7-,10-/m0/s1. The minimum atomic E-state index is -1.78. The topological polar surface area (TPSA) is 157 Å². The highest BCUT2D eigenvalue weighted by atomic mass is 16.4. The molecule has 0 radical (unpaired) electrons. The maximum absolute atomic E-state index is 12.3. The lowest BCUT2D eigenvalue weighted by Crippen LogP contribution is -2.52. The number of benzene rings is 1. The SMILES string of the molecule is C[C@@H](C(=O)N[C@@H](CC(=O)[O-])C(=O)[O-])n1nnc2ccccc2c1=O. The smallest absolute Gasteiger partial charge is 0.278 e. The zero-order chi connectivity index (χ0) is 17.9. The van der Waals surface area contributed by atoms with Crippen LogP contribution in [0, 0.1) is 0 Å². The number of carboxylic acid groups (broad SMARTS) is 2. The third kappa shape index (κ3) is 3.54. The van der Waals surface area contributed by atoms with Crippen molar-refractivity contribution in [3.8, 4) is 0 Å². The van der Waals surface area contributed by atoms with E-state index >= 15 is 0 Å². The third-order valence-corrected chi connectivity index (χ3v) is 3.31. The predicted octanol–water partition coefficient (Wildman–Crippen LogP) is -3.27. The van der Waals surface area contributed by atoms with Gasteiger partial charge in [0.05, 0.1) is 17.4 Å². The molecule has 0 spiro atoms. The van der Waals surface area contributed by atoms with Crippen molar-refractivity contribution in [2.45, 2.75) is 25.4 Å². The lowest BCUT2D eigenvalue weighted by atomic mass is 10.2. The van der Waals surface area contributed by atoms with Crippen molar-refractivity contribution in [3.05, 3.63) is 34.6 Å². The van der Waals surface area contributed by atoms with Crippen molar-refractivity contribution in [2.75, 3.05) is 0 Å². The molecule has 1 aromatic heterocycles. The van der Waals surface area contributed by atoms with Gasteiger partial charge in [-0.05, 0) is 19.1 Å². The van der Waals surface area contributed by atoms with E-state index in [1.54, 1.807) is 18.2 Å². The monoisotopic (exact) mass is 332 g/mol. The van der Waals surface area contributed by atoms with Crippen molar-refractivity contribution in [3.63, 3.8) is 0 Å². The van der Waals surface area contributed by atoms with Gasteiger partial charge < -0.3 is 25.1 Å². The summed E-state index contributed by atoms with van der Waals surface area (Å²) in [5.74, 6) is -4.37. The second kappa shape index (κ2) is 6.86. The highest BCUT2D eigenvalue weighted by Crippen LogP contribution is 2.07. The van der Waals surface area contributed by atoms with E-state index in [0.717, 1.165) is 4.68 Å². The Hall–Kier alpha value is -3.30. The summed E-state index contributed by atoms with van der Waals surface area (Å²) < 4.78 is 0.781. The predicted molar refractivity (Wildman–Crippen MR) is 75.1 cm³/mol. The molecule has 0 saturated carbocycles. The van der Waals surface area contributed by atoms with Crippen LogP contribution in [0.2, 0.25) is 0 Å². The normalized spacial score (nSPS) is 13.2. The molecule has 1 amide bonds. The molecule has 10 heteroatoms. The van der Waals surface area contributed by atoms with E-state index in [-0.39, 0.29) is 5.39 Å². The molecule has 1 N–H and O–H groups in total. The van der Waals surface area contributed by atoms with Crippen LogP contribution in [0.4, 0.5) is 0 Å². The van der Waals surface area contributed by atoms with Crippen molar-refractivity contribution >= 4 is 28.7 Å². The average molecular weight is 332 g/mol. The Kier molecular flexibility index (Phi) is 4.87. The van der Waals surface area contributed by atoms with Crippen LogP contribution in [-0.4, -0.2) is 38.9 Å². The lowest BCUT2D eigenvalue weighted by molar-refractivity contribution is -0.317. The number of nitrogens with zero attached hydrogens (tertiary/aromatic N) is 3. The van der Waals surface area contributed by atoms with Gasteiger partial charge in [0.1, 0.15) is 11.6 Å². The van der Waals surface area contributed by atoms with Gasteiger partial charge in [-0.15, -0.1) is 5.10 Å². The largest absolute Gasteiger partial charge is 0.550 e. The van der Waals surface area contributed by atoms with Crippen LogP contribution in [0.3, 0.4) is 0 Å². The summed E-state index contributed by atoms with van der Waals surface area (Å²) in [6.07, 6.45) is -0.959. The maximum atomic E-state index is 12.3. The molecule has 0 aliphatic heterocycles. The number of nitrogens with one attached hydrogen (secondary N) is 1. The number of carbonyl (C=O) groups is 3. The number of hydrogen-bond donors (Lipinski definition) is 1. The van der Waals surface area contributed by atoms with E-state index in [1.165, 1.54) is 13.0 Å². The molecule has 126 valence electrons. The zero-order valence-corrected chi connectivity index (χ0v) is 12.5. The number of carboxylic acids is 2. The Morgan fingerprint density at radius 2 is 1.92 bits per heavy atom. The van der Waals surface area contributed by atoms with Gasteiger partial charge in [-0.2, -0.15) is 4.68 Å². The van der Waals surface area contributed by atoms with Gasteiger partial charge in [-0.3, -0.25) is 9.59 Å². The van der Waals surface area contributed by atoms with E-state index in [4.69, 9.17) is 0 Å². The van der Waals surface area contributed by atoms with Crippen LogP contribution in [0.25, 0.3) is 10.9 Å². The fourth-order valence-electron chi connectivity index (χ4n) is 2.02. The van der Waals surface area contributed by atoms with Gasteiger partial charge in [0.25, 0.3) is 5.56 Å². The first kappa shape index (κ1) is 17.1. The van der Waals surface area contributed by atoms with Crippen LogP contribution in [0.5, 0.6) is 0 Å². The molecule has 2 atom stereocenters. The number of aliphatic carboxylic acids is 2. The fraction of sp³-hybridized carbons (Fsp3) is 0.286. The van der Waals surface area contributed by atoms with E-state index < -0.39 is 41.9 Å². The molecule has 0 saturated heterocycles. The fourth-order valence-corrected chi connectivity index (χ4v) is 2.02.